The molecule has 0 aromatic carbocycles. The van der Waals surface area contributed by atoms with Crippen molar-refractivity contribution in [2.75, 3.05) is 0 Å². The second-order valence-corrected chi connectivity index (χ2v) is 0.898. The molecule has 0 aromatic rings. The van der Waals surface area contributed by atoms with Gasteiger partial charge in [-0.15, -0.1) is 0 Å². The monoisotopic (exact) mass is 86.0 g/mol. The maximum Gasteiger partial charge on any atom is 0.349 e. The van der Waals surface area contributed by atoms with Crippen molar-refractivity contribution in [3.63, 3.8) is 0 Å². The Balaban J connectivity index is 3.50. The second-order valence-electron chi connectivity index (χ2n) is 0.898. The summed E-state index contributed by atoms with van der Waals surface area (Å²) in [7, 11) is 0. The van der Waals surface area contributed by atoms with Crippen LogP contribution in [-0.4, -0.2) is 5.78 Å². The molecule has 0 saturated heterocycles. The SMILES string of the molecule is C=CC(C)=[O+][O-]. The summed E-state index contributed by atoms with van der Waals surface area (Å²) in [4.78, 5) is 0. The van der Waals surface area contributed by atoms with Crippen molar-refractivity contribution in [3.8, 4) is 0 Å². The van der Waals surface area contributed by atoms with Crippen LogP contribution in [0, 0.1) is 0 Å². The van der Waals surface area contributed by atoms with E-state index in [2.05, 4.69) is 11.2 Å². The zero-order chi connectivity index (χ0) is 4.99. The minimum Gasteiger partial charge on any atom is -0.463 e. The molecule has 0 atom stereocenters. The summed E-state index contributed by atoms with van der Waals surface area (Å²) in [5.74, 6) is 0.301. The molecule has 0 aliphatic rings. The molecule has 2 heteroatoms. The van der Waals surface area contributed by atoms with Crippen LogP contribution in [0.1, 0.15) is 6.92 Å². The first kappa shape index (κ1) is 5.21. The van der Waals surface area contributed by atoms with Crippen LogP contribution in [0.5, 0.6) is 0 Å². The molecule has 0 amide bonds. The smallest absolute Gasteiger partial charge is 0.349 e. The van der Waals surface area contributed by atoms with Crippen molar-refractivity contribution >= 4 is 5.78 Å². The predicted molar refractivity (Wildman–Crippen MR) is 20.9 cm³/mol. The number of carbonyl (C=O) groups excluding carboxylic acids is 1. The van der Waals surface area contributed by atoms with Crippen LogP contribution in [0.4, 0.5) is 0 Å². The molecule has 0 spiro atoms. The zero-order valence-corrected chi connectivity index (χ0v) is 3.60. The van der Waals surface area contributed by atoms with E-state index in [0.29, 0.717) is 5.78 Å². The molecule has 0 aromatic heterocycles. The van der Waals surface area contributed by atoms with Crippen LogP contribution < -0.4 is 5.26 Å². The molecule has 0 aliphatic heterocycles. The van der Waals surface area contributed by atoms with Crippen molar-refractivity contribution < 1.29 is 9.83 Å². The van der Waals surface area contributed by atoms with Crippen LogP contribution in [0.15, 0.2) is 12.7 Å². The van der Waals surface area contributed by atoms with Gasteiger partial charge >= 0.3 is 5.78 Å². The van der Waals surface area contributed by atoms with Crippen LogP contribution in [-0.2, 0) is 4.58 Å². The molecular formula is C4H6O2. The fraction of sp³-hybridized carbons (Fsp3) is 0.250. The minimum absolute atomic E-state index is 0.301. The molecule has 0 rings (SSSR count). The second kappa shape index (κ2) is 2.45. The first-order chi connectivity index (χ1) is 2.81. The van der Waals surface area contributed by atoms with Gasteiger partial charge in [0.15, 0.2) is 0 Å². The van der Waals surface area contributed by atoms with Crippen molar-refractivity contribution in [1.82, 2.24) is 0 Å². The first-order valence-electron chi connectivity index (χ1n) is 1.57. The molecule has 0 N–H and O–H groups in total. The van der Waals surface area contributed by atoms with E-state index in [0.717, 1.165) is 0 Å². The van der Waals surface area contributed by atoms with Gasteiger partial charge in [0.2, 0.25) is 0 Å². The Bertz CT molecular complexity index is 73.6. The number of hydrogen-bond donors (Lipinski definition) is 0. The highest BCUT2D eigenvalue weighted by Crippen LogP contribution is 1.63. The minimum atomic E-state index is 0.301. The van der Waals surface area contributed by atoms with Gasteiger partial charge < -0.3 is 5.26 Å². The Hall–Kier alpha value is -0.790. The lowest BCUT2D eigenvalue weighted by Crippen LogP contribution is -2.02. The fourth-order valence-electron chi connectivity index (χ4n) is 0.0340. The van der Waals surface area contributed by atoms with Gasteiger partial charge in [-0.3, -0.25) is 0 Å². The van der Waals surface area contributed by atoms with Gasteiger partial charge in [-0.05, 0) is 0 Å². The largest absolute Gasteiger partial charge is 0.463 e. The number of allylic oxidation sites excluding steroid dienone is 1. The third-order valence-electron chi connectivity index (χ3n) is 0.419. The van der Waals surface area contributed by atoms with Crippen LogP contribution in [0.3, 0.4) is 0 Å². The number of rotatable bonds is 1. The van der Waals surface area contributed by atoms with Gasteiger partial charge in [0.05, 0.1) is 6.92 Å². The van der Waals surface area contributed by atoms with E-state index in [-0.39, 0.29) is 0 Å². The highest BCUT2D eigenvalue weighted by molar-refractivity contribution is 5.86. The van der Waals surface area contributed by atoms with E-state index < -0.39 is 0 Å². The number of hydrogen-bond acceptors (Lipinski definition) is 1. The van der Waals surface area contributed by atoms with Gasteiger partial charge in [0.25, 0.3) is 0 Å². The van der Waals surface area contributed by atoms with Gasteiger partial charge in [0.1, 0.15) is 0 Å². The quantitative estimate of drug-likeness (QED) is 0.184. The normalized spacial score (nSPS) is 11.2. The fourth-order valence-corrected chi connectivity index (χ4v) is 0.0340. The lowest BCUT2D eigenvalue weighted by molar-refractivity contribution is -1.05. The summed E-state index contributed by atoms with van der Waals surface area (Å²) >= 11 is 0. The average molecular weight is 86.1 g/mol. The molecule has 6 heavy (non-hydrogen) atoms. The Morgan fingerprint density at radius 3 is 2.50 bits per heavy atom. The van der Waals surface area contributed by atoms with Gasteiger partial charge in [-0.1, -0.05) is 6.58 Å². The molecular weight excluding hydrogens is 80.0 g/mol. The van der Waals surface area contributed by atoms with Crippen molar-refractivity contribution in [2.24, 2.45) is 0 Å². The molecule has 0 heterocycles. The maximum atomic E-state index is 9.25. The van der Waals surface area contributed by atoms with E-state index in [4.69, 9.17) is 0 Å². The Morgan fingerprint density at radius 1 is 2.00 bits per heavy atom. The van der Waals surface area contributed by atoms with Crippen molar-refractivity contribution in [1.29, 1.82) is 0 Å². The van der Waals surface area contributed by atoms with Crippen LogP contribution >= 0.6 is 0 Å². The highest BCUT2D eigenvalue weighted by atomic mass is 17.1. The summed E-state index contributed by atoms with van der Waals surface area (Å²) in [6.07, 6.45) is 1.35. The van der Waals surface area contributed by atoms with E-state index in [1.54, 1.807) is 6.92 Å². The summed E-state index contributed by atoms with van der Waals surface area (Å²) in [5.41, 5.74) is 0. The van der Waals surface area contributed by atoms with Crippen LogP contribution in [0.2, 0.25) is 0 Å². The highest BCUT2D eigenvalue weighted by Gasteiger charge is 1.86. The lowest BCUT2D eigenvalue weighted by Gasteiger charge is -1.68. The third-order valence-corrected chi connectivity index (χ3v) is 0.419. The number of ketones is 1. The van der Waals surface area contributed by atoms with E-state index in [9.17, 15) is 5.26 Å². The Morgan fingerprint density at radius 2 is 2.50 bits per heavy atom. The van der Waals surface area contributed by atoms with Crippen molar-refractivity contribution in [3.05, 3.63) is 12.7 Å². The standard InChI is InChI=1S/C4H6O2/c1-3-4(2)6-5/h3H,1H2,2H3. The average Bonchev–Trinajstić information content (AvgIpc) is 1.65. The Kier molecular flexibility index (Phi) is 2.13. The van der Waals surface area contributed by atoms with Gasteiger partial charge in [-0.25, -0.2) is 0 Å². The summed E-state index contributed by atoms with van der Waals surface area (Å²) < 4.78 is 3.45. The molecule has 0 saturated carbocycles. The van der Waals surface area contributed by atoms with Crippen molar-refractivity contribution in [2.45, 2.75) is 6.92 Å². The predicted octanol–water partition coefficient (Wildman–Crippen LogP) is -0.428. The first-order valence-corrected chi connectivity index (χ1v) is 1.57. The molecule has 0 radical (unpaired) electrons. The zero-order valence-electron chi connectivity index (χ0n) is 3.60. The maximum absolute atomic E-state index is 9.25. The molecule has 2 nitrogen and oxygen atoms in total. The summed E-state index contributed by atoms with van der Waals surface area (Å²) in [5, 5.41) is 9.25. The molecule has 0 bridgehead atoms. The topological polar surface area (TPSA) is 34.4 Å². The van der Waals surface area contributed by atoms with E-state index in [1.807, 2.05) is 0 Å². The molecule has 0 fully saturated rings. The van der Waals surface area contributed by atoms with E-state index in [1.165, 1.54) is 6.08 Å². The summed E-state index contributed by atoms with van der Waals surface area (Å²) in [6.45, 7) is 4.81. The molecule has 34 valence electrons. The molecule has 0 aliphatic carbocycles. The summed E-state index contributed by atoms with van der Waals surface area (Å²) in [6, 6.07) is 0. The Labute approximate surface area is 36.3 Å². The van der Waals surface area contributed by atoms with Gasteiger partial charge in [-0.2, -0.15) is 4.58 Å². The van der Waals surface area contributed by atoms with E-state index >= 15 is 0 Å². The van der Waals surface area contributed by atoms with Gasteiger partial charge in [0, 0.05) is 6.08 Å². The molecule has 0 unspecified atom stereocenters. The third kappa shape index (κ3) is 1.52. The van der Waals surface area contributed by atoms with Crippen LogP contribution in [0.25, 0.3) is 0 Å². The lowest BCUT2D eigenvalue weighted by atomic mass is 10.5.